The van der Waals surface area contributed by atoms with Crippen LogP contribution in [0.4, 0.5) is 0 Å². The Balaban J connectivity index is 2.03. The number of hydrogen-bond acceptors (Lipinski definition) is 3. The molecule has 0 N–H and O–H groups in total. The van der Waals surface area contributed by atoms with Gasteiger partial charge in [-0.3, -0.25) is 9.59 Å². The third-order valence-electron chi connectivity index (χ3n) is 4.17. The summed E-state index contributed by atoms with van der Waals surface area (Å²) in [6, 6.07) is 1.79. The molecule has 1 atom stereocenters. The van der Waals surface area contributed by atoms with Gasteiger partial charge in [-0.2, -0.15) is 0 Å². The number of hydrogen-bond donors (Lipinski definition) is 0. The van der Waals surface area contributed by atoms with Crippen LogP contribution in [0.5, 0.6) is 0 Å². The lowest BCUT2D eigenvalue weighted by Gasteiger charge is -2.23. The van der Waals surface area contributed by atoms with Crippen LogP contribution in [0.15, 0.2) is 10.9 Å². The van der Waals surface area contributed by atoms with Crippen LogP contribution in [-0.4, -0.2) is 23.6 Å². The molecule has 4 heteroatoms. The van der Waals surface area contributed by atoms with Gasteiger partial charge in [0.05, 0.1) is 18.2 Å². The van der Waals surface area contributed by atoms with E-state index in [0.29, 0.717) is 18.4 Å². The van der Waals surface area contributed by atoms with E-state index in [1.807, 2.05) is 0 Å². The number of aryl methyl sites for hydroxylation is 1. The topological polar surface area (TPSA) is 48.3 Å². The highest BCUT2D eigenvalue weighted by Crippen LogP contribution is 2.22. The third kappa shape index (κ3) is 2.37. The van der Waals surface area contributed by atoms with Crippen molar-refractivity contribution in [2.75, 3.05) is 6.61 Å². The molecule has 1 aromatic rings. The van der Waals surface area contributed by atoms with E-state index in [9.17, 15) is 9.59 Å². The lowest BCUT2D eigenvalue weighted by atomic mass is 9.94. The molecule has 2 heterocycles. The highest BCUT2D eigenvalue weighted by Gasteiger charge is 2.22. The molecule has 102 valence electrons. The van der Waals surface area contributed by atoms with Crippen LogP contribution >= 0.6 is 0 Å². The van der Waals surface area contributed by atoms with Crippen LogP contribution in [0, 0.1) is 0 Å². The van der Waals surface area contributed by atoms with Gasteiger partial charge in [0.2, 0.25) is 0 Å². The molecule has 1 saturated heterocycles. The molecule has 1 aliphatic carbocycles. The zero-order chi connectivity index (χ0) is 13.2. The smallest absolute Gasteiger partial charge is 0.261 e. The van der Waals surface area contributed by atoms with Gasteiger partial charge in [0, 0.05) is 12.3 Å². The first-order valence-corrected chi connectivity index (χ1v) is 7.12. The summed E-state index contributed by atoms with van der Waals surface area (Å²) >= 11 is 0. The molecule has 0 amide bonds. The van der Waals surface area contributed by atoms with Crippen molar-refractivity contribution < 1.29 is 9.53 Å². The number of fused-ring (bicyclic) bond motifs is 1. The number of aldehydes is 1. The van der Waals surface area contributed by atoms with Gasteiger partial charge in [-0.05, 0) is 50.2 Å². The quantitative estimate of drug-likeness (QED) is 0.778. The summed E-state index contributed by atoms with van der Waals surface area (Å²) in [4.78, 5) is 23.4. The molecule has 3 rings (SSSR count). The van der Waals surface area contributed by atoms with Crippen molar-refractivity contribution in [2.45, 2.75) is 51.2 Å². The fraction of sp³-hybridized carbons (Fsp3) is 0.600. The van der Waals surface area contributed by atoms with Crippen LogP contribution in [-0.2, 0) is 24.1 Å². The lowest BCUT2D eigenvalue weighted by molar-refractivity contribution is 0.0949. The molecule has 4 nitrogen and oxygen atoms in total. The van der Waals surface area contributed by atoms with Crippen molar-refractivity contribution in [1.29, 1.82) is 0 Å². The van der Waals surface area contributed by atoms with Crippen LogP contribution in [0.1, 0.15) is 47.3 Å². The average molecular weight is 261 g/mol. The van der Waals surface area contributed by atoms with E-state index in [1.54, 1.807) is 10.6 Å². The van der Waals surface area contributed by atoms with E-state index >= 15 is 0 Å². The fourth-order valence-electron chi connectivity index (χ4n) is 3.17. The Labute approximate surface area is 112 Å². The van der Waals surface area contributed by atoms with Crippen LogP contribution < -0.4 is 5.56 Å². The third-order valence-corrected chi connectivity index (χ3v) is 4.17. The predicted molar refractivity (Wildman–Crippen MR) is 71.7 cm³/mol. The first-order chi connectivity index (χ1) is 9.29. The Bertz CT molecular complexity index is 541. The van der Waals surface area contributed by atoms with Crippen LogP contribution in [0.3, 0.4) is 0 Å². The Kier molecular flexibility index (Phi) is 3.51. The van der Waals surface area contributed by atoms with Crippen molar-refractivity contribution in [1.82, 2.24) is 4.57 Å². The number of carbonyl (C=O) groups is 1. The maximum absolute atomic E-state index is 12.3. The average Bonchev–Trinajstić information content (AvgIpc) is 2.94. The molecule has 1 aliphatic heterocycles. The molecule has 0 radical (unpaired) electrons. The Morgan fingerprint density at radius 3 is 2.89 bits per heavy atom. The van der Waals surface area contributed by atoms with E-state index in [0.717, 1.165) is 50.8 Å². The van der Waals surface area contributed by atoms with Gasteiger partial charge in [-0.1, -0.05) is 0 Å². The van der Waals surface area contributed by atoms with E-state index in [1.165, 1.54) is 5.56 Å². The summed E-state index contributed by atoms with van der Waals surface area (Å²) < 4.78 is 7.43. The van der Waals surface area contributed by atoms with Gasteiger partial charge < -0.3 is 9.30 Å². The molecule has 1 aromatic heterocycles. The number of aromatic nitrogens is 1. The predicted octanol–water partition coefficient (Wildman–Crippen LogP) is 1.72. The Hall–Kier alpha value is -1.42. The summed E-state index contributed by atoms with van der Waals surface area (Å²) in [6.07, 6.45) is 7.07. The minimum absolute atomic E-state index is 0.130. The van der Waals surface area contributed by atoms with Gasteiger partial charge >= 0.3 is 0 Å². The minimum atomic E-state index is -0.147. The Morgan fingerprint density at radius 2 is 2.16 bits per heavy atom. The summed E-state index contributed by atoms with van der Waals surface area (Å²) in [5, 5.41) is 0. The molecule has 0 aromatic carbocycles. The van der Waals surface area contributed by atoms with Gasteiger partial charge in [-0.15, -0.1) is 0 Å². The van der Waals surface area contributed by atoms with E-state index in [4.69, 9.17) is 4.74 Å². The monoisotopic (exact) mass is 261 g/mol. The molecule has 0 bridgehead atoms. The number of pyridine rings is 1. The standard InChI is InChI=1S/C15H19NO3/c17-10-12-8-11-4-1-2-6-14(11)16(15(12)18)9-13-5-3-7-19-13/h8,10,13H,1-7,9H2. The second-order valence-corrected chi connectivity index (χ2v) is 5.45. The minimum Gasteiger partial charge on any atom is -0.376 e. The summed E-state index contributed by atoms with van der Waals surface area (Å²) in [6.45, 7) is 1.39. The zero-order valence-electron chi connectivity index (χ0n) is 11.1. The van der Waals surface area contributed by atoms with Gasteiger partial charge in [0.15, 0.2) is 6.29 Å². The van der Waals surface area contributed by atoms with E-state index in [2.05, 4.69) is 0 Å². The molecule has 19 heavy (non-hydrogen) atoms. The van der Waals surface area contributed by atoms with Crippen molar-refractivity contribution in [3.63, 3.8) is 0 Å². The summed E-state index contributed by atoms with van der Waals surface area (Å²) in [5.74, 6) is 0. The normalized spacial score (nSPS) is 22.2. The molecule has 1 fully saturated rings. The maximum atomic E-state index is 12.3. The van der Waals surface area contributed by atoms with E-state index in [-0.39, 0.29) is 11.7 Å². The first kappa shape index (κ1) is 12.6. The molecule has 1 unspecified atom stereocenters. The maximum Gasteiger partial charge on any atom is 0.261 e. The SMILES string of the molecule is O=Cc1cc2c(n(CC3CCCO3)c1=O)CCCC2. The first-order valence-electron chi connectivity index (χ1n) is 7.12. The number of nitrogens with zero attached hydrogens (tertiary/aromatic N) is 1. The molecule has 0 saturated carbocycles. The number of rotatable bonds is 3. The number of carbonyl (C=O) groups excluding carboxylic acids is 1. The van der Waals surface area contributed by atoms with E-state index < -0.39 is 0 Å². The number of ether oxygens (including phenoxy) is 1. The highest BCUT2D eigenvalue weighted by molar-refractivity contribution is 5.74. The molecule has 2 aliphatic rings. The summed E-state index contributed by atoms with van der Waals surface area (Å²) in [5.41, 5.74) is 2.44. The molecule has 0 spiro atoms. The largest absolute Gasteiger partial charge is 0.376 e. The zero-order valence-corrected chi connectivity index (χ0v) is 11.1. The van der Waals surface area contributed by atoms with Crippen molar-refractivity contribution in [3.05, 3.63) is 33.2 Å². The molecular weight excluding hydrogens is 242 g/mol. The van der Waals surface area contributed by atoms with Crippen LogP contribution in [0.2, 0.25) is 0 Å². The lowest BCUT2D eigenvalue weighted by Crippen LogP contribution is -2.33. The summed E-state index contributed by atoms with van der Waals surface area (Å²) in [7, 11) is 0. The van der Waals surface area contributed by atoms with Crippen LogP contribution in [0.25, 0.3) is 0 Å². The van der Waals surface area contributed by atoms with Crippen molar-refractivity contribution in [3.8, 4) is 0 Å². The van der Waals surface area contributed by atoms with Gasteiger partial charge in [0.25, 0.3) is 5.56 Å². The fourth-order valence-corrected chi connectivity index (χ4v) is 3.17. The second-order valence-electron chi connectivity index (χ2n) is 5.45. The van der Waals surface area contributed by atoms with Crippen molar-refractivity contribution in [2.24, 2.45) is 0 Å². The van der Waals surface area contributed by atoms with Gasteiger partial charge in [0.1, 0.15) is 0 Å². The molecular formula is C15H19NO3. The highest BCUT2D eigenvalue weighted by atomic mass is 16.5. The second kappa shape index (κ2) is 5.29. The van der Waals surface area contributed by atoms with Gasteiger partial charge in [-0.25, -0.2) is 0 Å². The Morgan fingerprint density at radius 1 is 1.32 bits per heavy atom. The van der Waals surface area contributed by atoms with Crippen molar-refractivity contribution >= 4 is 6.29 Å².